The standard InChI is InChI=1S/C15H14FN3O4S/c1-23-11-5-3-10(4-6-11)17-15(20)14-18-12-8-9(16)2-7-13(12)24(21,22)19-14/h2-8,14,18-19H,1H3,(H,17,20)/t14-/m0/s1. The van der Waals surface area contributed by atoms with Crippen LogP contribution in [0, 0.1) is 5.82 Å². The molecular formula is C15H14FN3O4S. The number of amides is 1. The van der Waals surface area contributed by atoms with Gasteiger partial charge >= 0.3 is 0 Å². The van der Waals surface area contributed by atoms with Crippen LogP contribution in [0.25, 0.3) is 0 Å². The van der Waals surface area contributed by atoms with Crippen molar-refractivity contribution in [1.82, 2.24) is 4.72 Å². The number of rotatable bonds is 3. The summed E-state index contributed by atoms with van der Waals surface area (Å²) in [5, 5.41) is 5.24. The van der Waals surface area contributed by atoms with Gasteiger partial charge in [0.1, 0.15) is 16.5 Å². The predicted octanol–water partition coefficient (Wildman–Crippen LogP) is 1.50. The first-order valence-electron chi connectivity index (χ1n) is 6.92. The molecule has 0 saturated carbocycles. The topological polar surface area (TPSA) is 96.5 Å². The second-order valence-corrected chi connectivity index (χ2v) is 6.74. The van der Waals surface area contributed by atoms with Gasteiger partial charge in [0.15, 0.2) is 6.17 Å². The van der Waals surface area contributed by atoms with Crippen LogP contribution in [0.5, 0.6) is 5.75 Å². The summed E-state index contributed by atoms with van der Waals surface area (Å²) < 4.78 is 44.9. The van der Waals surface area contributed by atoms with Crippen LogP contribution in [0.2, 0.25) is 0 Å². The van der Waals surface area contributed by atoms with E-state index < -0.39 is 27.9 Å². The molecule has 0 unspecified atom stereocenters. The number of halogens is 1. The van der Waals surface area contributed by atoms with E-state index in [0.29, 0.717) is 11.4 Å². The van der Waals surface area contributed by atoms with E-state index in [-0.39, 0.29) is 10.6 Å². The van der Waals surface area contributed by atoms with Crippen molar-refractivity contribution in [1.29, 1.82) is 0 Å². The number of carbonyl (C=O) groups excluding carboxylic acids is 1. The third-order valence-corrected chi connectivity index (χ3v) is 4.90. The molecule has 7 nitrogen and oxygen atoms in total. The Balaban J connectivity index is 1.81. The van der Waals surface area contributed by atoms with E-state index in [1.54, 1.807) is 24.3 Å². The maximum Gasteiger partial charge on any atom is 0.262 e. The lowest BCUT2D eigenvalue weighted by atomic mass is 10.2. The lowest BCUT2D eigenvalue weighted by Gasteiger charge is -2.27. The molecule has 0 aliphatic carbocycles. The maximum atomic E-state index is 13.3. The highest BCUT2D eigenvalue weighted by Gasteiger charge is 2.33. The van der Waals surface area contributed by atoms with Crippen molar-refractivity contribution in [3.05, 3.63) is 48.3 Å². The van der Waals surface area contributed by atoms with Gasteiger partial charge in [0.05, 0.1) is 12.8 Å². The highest BCUT2D eigenvalue weighted by Crippen LogP contribution is 2.27. The van der Waals surface area contributed by atoms with Crippen molar-refractivity contribution in [3.63, 3.8) is 0 Å². The van der Waals surface area contributed by atoms with Gasteiger partial charge in [0.25, 0.3) is 5.91 Å². The van der Waals surface area contributed by atoms with E-state index in [1.807, 2.05) is 0 Å². The van der Waals surface area contributed by atoms with E-state index in [9.17, 15) is 17.6 Å². The summed E-state index contributed by atoms with van der Waals surface area (Å²) in [6.07, 6.45) is -1.26. The van der Waals surface area contributed by atoms with Crippen LogP contribution in [0.15, 0.2) is 47.4 Å². The molecule has 9 heteroatoms. The molecule has 0 saturated heterocycles. The first kappa shape index (κ1) is 16.2. The minimum atomic E-state index is -3.92. The van der Waals surface area contributed by atoms with E-state index in [2.05, 4.69) is 15.4 Å². The summed E-state index contributed by atoms with van der Waals surface area (Å²) in [4.78, 5) is 12.2. The number of hydrogen-bond donors (Lipinski definition) is 3. The summed E-state index contributed by atoms with van der Waals surface area (Å²) in [7, 11) is -2.40. The number of ether oxygens (including phenoxy) is 1. The third kappa shape index (κ3) is 3.17. The van der Waals surface area contributed by atoms with Crippen molar-refractivity contribution in [2.75, 3.05) is 17.7 Å². The molecule has 2 aromatic rings. The highest BCUT2D eigenvalue weighted by atomic mass is 32.2. The van der Waals surface area contributed by atoms with Gasteiger partial charge < -0.3 is 15.4 Å². The highest BCUT2D eigenvalue weighted by molar-refractivity contribution is 7.89. The Morgan fingerprint density at radius 3 is 2.58 bits per heavy atom. The van der Waals surface area contributed by atoms with Gasteiger partial charge in [-0.2, -0.15) is 4.72 Å². The molecule has 1 amide bonds. The molecule has 0 radical (unpaired) electrons. The molecule has 24 heavy (non-hydrogen) atoms. The second-order valence-electron chi connectivity index (χ2n) is 5.06. The van der Waals surface area contributed by atoms with Crippen molar-refractivity contribution < 1.29 is 22.3 Å². The van der Waals surface area contributed by atoms with Crippen LogP contribution >= 0.6 is 0 Å². The number of carbonyl (C=O) groups is 1. The zero-order valence-electron chi connectivity index (χ0n) is 12.5. The minimum absolute atomic E-state index is 0.0311. The Bertz CT molecular complexity index is 884. The molecule has 3 N–H and O–H groups in total. The average molecular weight is 351 g/mol. The second kappa shape index (κ2) is 6.10. The van der Waals surface area contributed by atoms with E-state index in [0.717, 1.165) is 18.2 Å². The van der Waals surface area contributed by atoms with Crippen molar-refractivity contribution in [3.8, 4) is 5.75 Å². The van der Waals surface area contributed by atoms with Crippen LogP contribution in [-0.2, 0) is 14.8 Å². The number of anilines is 2. The third-order valence-electron chi connectivity index (χ3n) is 3.42. The summed E-state index contributed by atoms with van der Waals surface area (Å²) in [5.74, 6) is -0.611. The average Bonchev–Trinajstić information content (AvgIpc) is 2.54. The lowest BCUT2D eigenvalue weighted by molar-refractivity contribution is -0.117. The smallest absolute Gasteiger partial charge is 0.262 e. The molecule has 0 bridgehead atoms. The summed E-state index contributed by atoms with van der Waals surface area (Å²) >= 11 is 0. The minimum Gasteiger partial charge on any atom is -0.497 e. The first-order chi connectivity index (χ1) is 11.4. The number of sulfonamides is 1. The molecule has 1 aliphatic rings. The van der Waals surface area contributed by atoms with E-state index in [4.69, 9.17) is 4.74 Å². The normalized spacial score (nSPS) is 18.2. The summed E-state index contributed by atoms with van der Waals surface area (Å²) in [5.41, 5.74) is 0.496. The summed E-state index contributed by atoms with van der Waals surface area (Å²) in [6, 6.07) is 9.73. The Morgan fingerprint density at radius 1 is 1.21 bits per heavy atom. The van der Waals surface area contributed by atoms with Crippen molar-refractivity contribution >= 4 is 27.3 Å². The van der Waals surface area contributed by atoms with Crippen LogP contribution in [0.3, 0.4) is 0 Å². The fourth-order valence-electron chi connectivity index (χ4n) is 2.26. The SMILES string of the molecule is COc1ccc(NC(=O)[C@H]2Nc3cc(F)ccc3S(=O)(=O)N2)cc1. The Kier molecular flexibility index (Phi) is 4.12. The van der Waals surface area contributed by atoms with Gasteiger partial charge in [-0.15, -0.1) is 0 Å². The number of nitrogens with one attached hydrogen (secondary N) is 3. The molecule has 0 spiro atoms. The Labute approximate surface area is 137 Å². The predicted molar refractivity (Wildman–Crippen MR) is 85.8 cm³/mol. The zero-order valence-corrected chi connectivity index (χ0v) is 13.4. The van der Waals surface area contributed by atoms with Crippen LogP contribution in [0.1, 0.15) is 0 Å². The molecule has 126 valence electrons. The van der Waals surface area contributed by atoms with Gasteiger partial charge in [-0.25, -0.2) is 12.8 Å². The van der Waals surface area contributed by atoms with E-state index >= 15 is 0 Å². The van der Waals surface area contributed by atoms with E-state index in [1.165, 1.54) is 7.11 Å². The van der Waals surface area contributed by atoms with Gasteiger partial charge in [-0.1, -0.05) is 0 Å². The number of fused-ring (bicyclic) bond motifs is 1. The van der Waals surface area contributed by atoms with Gasteiger partial charge in [-0.3, -0.25) is 4.79 Å². The van der Waals surface area contributed by atoms with Crippen molar-refractivity contribution in [2.45, 2.75) is 11.1 Å². The first-order valence-corrected chi connectivity index (χ1v) is 8.41. The molecule has 0 fully saturated rings. The number of hydrogen-bond acceptors (Lipinski definition) is 5. The molecule has 0 aromatic heterocycles. The monoisotopic (exact) mass is 351 g/mol. The Morgan fingerprint density at radius 2 is 1.92 bits per heavy atom. The molecule has 1 heterocycles. The summed E-state index contributed by atoms with van der Waals surface area (Å²) in [6.45, 7) is 0. The zero-order chi connectivity index (χ0) is 17.3. The number of methoxy groups -OCH3 is 1. The Hall–Kier alpha value is -2.65. The fraction of sp³-hybridized carbons (Fsp3) is 0.133. The van der Waals surface area contributed by atoms with Crippen LogP contribution in [0.4, 0.5) is 15.8 Å². The largest absolute Gasteiger partial charge is 0.497 e. The van der Waals surface area contributed by atoms with Crippen molar-refractivity contribution in [2.24, 2.45) is 0 Å². The molecule has 3 rings (SSSR count). The van der Waals surface area contributed by atoms with Crippen LogP contribution in [-0.4, -0.2) is 27.6 Å². The fourth-order valence-corrected chi connectivity index (χ4v) is 3.52. The number of benzene rings is 2. The van der Waals surface area contributed by atoms with Gasteiger partial charge in [-0.05, 0) is 42.5 Å². The molecule has 1 aliphatic heterocycles. The maximum absolute atomic E-state index is 13.3. The molecular weight excluding hydrogens is 337 g/mol. The van der Waals surface area contributed by atoms with Gasteiger partial charge in [0.2, 0.25) is 10.0 Å². The lowest BCUT2D eigenvalue weighted by Crippen LogP contribution is -2.51. The molecule has 2 aromatic carbocycles. The van der Waals surface area contributed by atoms with Crippen LogP contribution < -0.4 is 20.1 Å². The van der Waals surface area contributed by atoms with Gasteiger partial charge in [0, 0.05) is 5.69 Å². The molecule has 1 atom stereocenters. The quantitative estimate of drug-likeness (QED) is 0.779.